The molecule has 0 saturated carbocycles. The van der Waals surface area contributed by atoms with E-state index in [1.165, 1.54) is 0 Å². The van der Waals surface area contributed by atoms with Crippen molar-refractivity contribution in [2.24, 2.45) is 0 Å². The van der Waals surface area contributed by atoms with E-state index in [1.54, 1.807) is 11.8 Å². The predicted molar refractivity (Wildman–Crippen MR) is 147 cm³/mol. The van der Waals surface area contributed by atoms with Crippen LogP contribution in [0.5, 0.6) is 0 Å². The van der Waals surface area contributed by atoms with Gasteiger partial charge in [-0.2, -0.15) is 0 Å². The lowest BCUT2D eigenvalue weighted by Gasteiger charge is -2.34. The fraction of sp³-hybridized carbons (Fsp3) is 0.333. The van der Waals surface area contributed by atoms with E-state index in [0.29, 0.717) is 30.5 Å². The minimum absolute atomic E-state index is 0.0448. The maximum Gasteiger partial charge on any atom is 0.323 e. The number of rotatable bonds is 7. The van der Waals surface area contributed by atoms with Gasteiger partial charge < -0.3 is 25.6 Å². The van der Waals surface area contributed by atoms with Gasteiger partial charge in [-0.05, 0) is 49.7 Å². The first kappa shape index (κ1) is 25.0. The number of anilines is 3. The third kappa shape index (κ3) is 6.39. The Bertz CT molecular complexity index is 1240. The highest BCUT2D eigenvalue weighted by atomic mass is 32.2. The van der Waals surface area contributed by atoms with Crippen LogP contribution in [0.3, 0.4) is 0 Å². The SMILES string of the molecule is C[C@H]1COCCN1c1cc(CSC2CCNC2=O)nc(-c2ccc(NC(=O)Nc3ccccc3)cc2)n1. The first-order valence-corrected chi connectivity index (χ1v) is 13.5. The van der Waals surface area contributed by atoms with E-state index in [-0.39, 0.29) is 23.2 Å². The molecule has 1 aromatic heterocycles. The van der Waals surface area contributed by atoms with Crippen LogP contribution in [0.2, 0.25) is 0 Å². The summed E-state index contributed by atoms with van der Waals surface area (Å²) >= 11 is 1.62. The van der Waals surface area contributed by atoms with Crippen LogP contribution >= 0.6 is 11.8 Å². The number of morpholine rings is 1. The Morgan fingerprint density at radius 1 is 1.11 bits per heavy atom. The third-order valence-electron chi connectivity index (χ3n) is 6.29. The number of nitrogens with one attached hydrogen (secondary N) is 3. The molecule has 9 nitrogen and oxygen atoms in total. The van der Waals surface area contributed by atoms with Crippen LogP contribution in [0, 0.1) is 0 Å². The molecule has 3 heterocycles. The zero-order valence-electron chi connectivity index (χ0n) is 20.6. The average molecular weight is 519 g/mol. The molecule has 0 spiro atoms. The van der Waals surface area contributed by atoms with Crippen LogP contribution in [-0.4, -0.2) is 59.5 Å². The number of benzene rings is 2. The number of carbonyl (C=O) groups excluding carboxylic acids is 2. The Kier molecular flexibility index (Phi) is 7.86. The molecule has 192 valence electrons. The summed E-state index contributed by atoms with van der Waals surface area (Å²) in [6, 6.07) is 18.7. The Hall–Kier alpha value is -3.63. The van der Waals surface area contributed by atoms with Gasteiger partial charge in [-0.1, -0.05) is 18.2 Å². The first-order valence-electron chi connectivity index (χ1n) is 12.4. The van der Waals surface area contributed by atoms with E-state index in [2.05, 4.69) is 27.8 Å². The monoisotopic (exact) mass is 518 g/mol. The molecule has 0 radical (unpaired) electrons. The fourth-order valence-electron chi connectivity index (χ4n) is 4.33. The molecule has 3 aromatic rings. The van der Waals surface area contributed by atoms with Gasteiger partial charge in [0.05, 0.1) is 30.2 Å². The summed E-state index contributed by atoms with van der Waals surface area (Å²) in [5.41, 5.74) is 3.12. The number of urea groups is 1. The third-order valence-corrected chi connectivity index (χ3v) is 7.61. The second-order valence-electron chi connectivity index (χ2n) is 9.06. The van der Waals surface area contributed by atoms with Crippen molar-refractivity contribution in [1.29, 1.82) is 0 Å². The first-order chi connectivity index (χ1) is 18.0. The second-order valence-corrected chi connectivity index (χ2v) is 10.3. The van der Waals surface area contributed by atoms with Gasteiger partial charge >= 0.3 is 6.03 Å². The van der Waals surface area contributed by atoms with Crippen molar-refractivity contribution in [2.45, 2.75) is 30.4 Å². The minimum atomic E-state index is -0.311. The van der Waals surface area contributed by atoms with Gasteiger partial charge in [-0.25, -0.2) is 14.8 Å². The van der Waals surface area contributed by atoms with Gasteiger partial charge in [0.1, 0.15) is 5.82 Å². The van der Waals surface area contributed by atoms with Crippen LogP contribution in [0.1, 0.15) is 19.0 Å². The number of para-hydroxylation sites is 1. The molecule has 3 amide bonds. The molecule has 2 saturated heterocycles. The van der Waals surface area contributed by atoms with E-state index < -0.39 is 0 Å². The lowest BCUT2D eigenvalue weighted by atomic mass is 10.2. The van der Waals surface area contributed by atoms with Crippen LogP contribution < -0.4 is 20.9 Å². The topological polar surface area (TPSA) is 108 Å². The molecular weight excluding hydrogens is 488 g/mol. The number of nitrogens with zero attached hydrogens (tertiary/aromatic N) is 3. The highest BCUT2D eigenvalue weighted by molar-refractivity contribution is 7.99. The van der Waals surface area contributed by atoms with Gasteiger partial charge in [0, 0.05) is 41.8 Å². The fourth-order valence-corrected chi connectivity index (χ4v) is 5.37. The molecule has 0 aliphatic carbocycles. The van der Waals surface area contributed by atoms with Gasteiger partial charge in [0.25, 0.3) is 0 Å². The molecule has 5 rings (SSSR count). The molecule has 10 heteroatoms. The summed E-state index contributed by atoms with van der Waals surface area (Å²) in [5, 5.41) is 8.51. The number of hydrogen-bond donors (Lipinski definition) is 3. The van der Waals surface area contributed by atoms with Gasteiger partial charge in [0.15, 0.2) is 5.82 Å². The van der Waals surface area contributed by atoms with Gasteiger partial charge in [0.2, 0.25) is 5.91 Å². The summed E-state index contributed by atoms with van der Waals surface area (Å²) in [6.07, 6.45) is 0.834. The molecular formula is C27H30N6O3S. The predicted octanol–water partition coefficient (Wildman–Crippen LogP) is 4.13. The summed E-state index contributed by atoms with van der Waals surface area (Å²) in [6.45, 7) is 4.91. The average Bonchev–Trinajstić information content (AvgIpc) is 3.33. The highest BCUT2D eigenvalue weighted by Gasteiger charge is 2.26. The van der Waals surface area contributed by atoms with Crippen molar-refractivity contribution < 1.29 is 14.3 Å². The molecule has 0 bridgehead atoms. The normalized spacial score (nSPS) is 19.4. The van der Waals surface area contributed by atoms with Gasteiger partial charge in [-0.3, -0.25) is 4.79 Å². The molecule has 3 N–H and O–H groups in total. The summed E-state index contributed by atoms with van der Waals surface area (Å²) in [4.78, 5) is 36.3. The number of ether oxygens (including phenoxy) is 1. The summed E-state index contributed by atoms with van der Waals surface area (Å²) in [7, 11) is 0. The molecule has 2 aliphatic rings. The number of hydrogen-bond acceptors (Lipinski definition) is 7. The number of aromatic nitrogens is 2. The molecule has 2 aromatic carbocycles. The van der Waals surface area contributed by atoms with Crippen molar-refractivity contribution in [2.75, 3.05) is 41.8 Å². The van der Waals surface area contributed by atoms with Crippen molar-refractivity contribution in [3.8, 4) is 11.4 Å². The van der Waals surface area contributed by atoms with E-state index in [4.69, 9.17) is 14.7 Å². The minimum Gasteiger partial charge on any atom is -0.377 e. The van der Waals surface area contributed by atoms with Crippen molar-refractivity contribution in [3.63, 3.8) is 0 Å². The highest BCUT2D eigenvalue weighted by Crippen LogP contribution is 2.28. The Labute approximate surface area is 220 Å². The second kappa shape index (κ2) is 11.6. The lowest BCUT2D eigenvalue weighted by molar-refractivity contribution is -0.118. The van der Waals surface area contributed by atoms with E-state index >= 15 is 0 Å². The Morgan fingerprint density at radius 2 is 1.86 bits per heavy atom. The summed E-state index contributed by atoms with van der Waals surface area (Å²) < 4.78 is 5.61. The number of amides is 3. The maximum atomic E-state index is 12.3. The zero-order chi connectivity index (χ0) is 25.6. The zero-order valence-corrected chi connectivity index (χ0v) is 21.5. The molecule has 2 fully saturated rings. The van der Waals surface area contributed by atoms with Crippen LogP contribution in [-0.2, 0) is 15.3 Å². The number of thioether (sulfide) groups is 1. The quantitative estimate of drug-likeness (QED) is 0.432. The maximum absolute atomic E-state index is 12.3. The van der Waals surface area contributed by atoms with Gasteiger partial charge in [-0.15, -0.1) is 11.8 Å². The van der Waals surface area contributed by atoms with Crippen molar-refractivity contribution >= 4 is 40.9 Å². The van der Waals surface area contributed by atoms with E-state index in [0.717, 1.165) is 42.3 Å². The smallest absolute Gasteiger partial charge is 0.323 e. The Morgan fingerprint density at radius 3 is 2.57 bits per heavy atom. The van der Waals surface area contributed by atoms with Crippen LogP contribution in [0.25, 0.3) is 11.4 Å². The summed E-state index contributed by atoms with van der Waals surface area (Å²) in [5.74, 6) is 2.19. The van der Waals surface area contributed by atoms with Crippen molar-refractivity contribution in [3.05, 3.63) is 66.4 Å². The number of carbonyl (C=O) groups is 2. The largest absolute Gasteiger partial charge is 0.377 e. The molecule has 1 unspecified atom stereocenters. The van der Waals surface area contributed by atoms with Crippen LogP contribution in [0.15, 0.2) is 60.7 Å². The van der Waals surface area contributed by atoms with Crippen LogP contribution in [0.4, 0.5) is 22.0 Å². The Balaban J connectivity index is 1.34. The van der Waals surface area contributed by atoms with Crippen molar-refractivity contribution in [1.82, 2.24) is 15.3 Å². The lowest BCUT2D eigenvalue weighted by Crippen LogP contribution is -2.44. The molecule has 2 atom stereocenters. The van der Waals surface area contributed by atoms with E-state index in [9.17, 15) is 9.59 Å². The molecule has 37 heavy (non-hydrogen) atoms. The van der Waals surface area contributed by atoms with E-state index in [1.807, 2.05) is 60.7 Å². The standard InChI is InChI=1S/C27H30N6O3S/c1-18-16-36-14-13-33(18)24-15-22(17-37-23-11-12-28-26(23)34)29-25(32-24)19-7-9-21(10-8-19)31-27(35)30-20-5-3-2-4-6-20/h2-10,15,18,23H,11-14,16-17H2,1H3,(H,28,34)(H2,30,31,35)/t18-,23?/m0/s1. The molecule has 2 aliphatic heterocycles.